The van der Waals surface area contributed by atoms with Crippen LogP contribution in [0.4, 0.5) is 0 Å². The highest BCUT2D eigenvalue weighted by Crippen LogP contribution is 2.30. The van der Waals surface area contributed by atoms with Gasteiger partial charge in [-0.15, -0.1) is 6.58 Å². The molecule has 0 N–H and O–H groups in total. The van der Waals surface area contributed by atoms with Gasteiger partial charge in [0, 0.05) is 5.25 Å². The largest absolute Gasteiger partial charge is 0.158 e. The van der Waals surface area contributed by atoms with Crippen LogP contribution in [-0.2, 0) is 0 Å². The van der Waals surface area contributed by atoms with E-state index in [4.69, 9.17) is 0 Å². The molecule has 1 aliphatic heterocycles. The molecule has 9 heavy (non-hydrogen) atoms. The molecule has 0 saturated carbocycles. The first kappa shape index (κ1) is 7.20. The van der Waals surface area contributed by atoms with Crippen molar-refractivity contribution in [2.45, 2.75) is 31.4 Å². The Bertz CT molecular complexity index is 101. The van der Waals surface area contributed by atoms with Gasteiger partial charge in [-0.25, -0.2) is 0 Å². The lowest BCUT2D eigenvalue weighted by molar-refractivity contribution is 0.773. The molecule has 0 bridgehead atoms. The highest BCUT2D eigenvalue weighted by atomic mass is 32.2. The molecular weight excluding hydrogens is 128 g/mol. The van der Waals surface area contributed by atoms with E-state index < -0.39 is 0 Å². The van der Waals surface area contributed by atoms with Crippen molar-refractivity contribution in [1.82, 2.24) is 0 Å². The van der Waals surface area contributed by atoms with Gasteiger partial charge < -0.3 is 0 Å². The molecule has 52 valence electrons. The van der Waals surface area contributed by atoms with Crippen LogP contribution in [0.1, 0.15) is 26.2 Å². The normalized spacial score (nSPS) is 26.6. The third-order valence-electron chi connectivity index (χ3n) is 1.60. The van der Waals surface area contributed by atoms with Crippen LogP contribution in [0.3, 0.4) is 0 Å². The standard InChI is InChI=1S/C8H14S/c1-7(2)6-8-4-3-5-9-8/h8H,1,3-6H2,2H3. The first-order chi connectivity index (χ1) is 4.29. The Hall–Kier alpha value is 0.0900. The Morgan fingerprint density at radius 3 is 3.00 bits per heavy atom. The lowest BCUT2D eigenvalue weighted by Gasteiger charge is -2.05. The summed E-state index contributed by atoms with van der Waals surface area (Å²) in [5.41, 5.74) is 1.34. The minimum absolute atomic E-state index is 0.905. The molecule has 0 radical (unpaired) electrons. The molecule has 0 spiro atoms. The predicted octanol–water partition coefficient (Wildman–Crippen LogP) is 2.85. The fraction of sp³-hybridized carbons (Fsp3) is 0.750. The van der Waals surface area contributed by atoms with Crippen LogP contribution in [0.15, 0.2) is 12.2 Å². The van der Waals surface area contributed by atoms with E-state index >= 15 is 0 Å². The van der Waals surface area contributed by atoms with Crippen LogP contribution in [0.2, 0.25) is 0 Å². The Balaban J connectivity index is 2.19. The molecule has 1 aliphatic rings. The van der Waals surface area contributed by atoms with Gasteiger partial charge in [0.25, 0.3) is 0 Å². The maximum atomic E-state index is 3.91. The molecule has 1 heterocycles. The molecule has 1 unspecified atom stereocenters. The molecule has 0 amide bonds. The predicted molar refractivity (Wildman–Crippen MR) is 44.9 cm³/mol. The highest BCUT2D eigenvalue weighted by molar-refractivity contribution is 8.00. The third-order valence-corrected chi connectivity index (χ3v) is 3.00. The third kappa shape index (κ3) is 2.44. The molecule has 0 aromatic heterocycles. The maximum absolute atomic E-state index is 3.91. The van der Waals surface area contributed by atoms with Crippen LogP contribution in [0.25, 0.3) is 0 Å². The van der Waals surface area contributed by atoms with Gasteiger partial charge in [-0.2, -0.15) is 11.8 Å². The Morgan fingerprint density at radius 1 is 1.78 bits per heavy atom. The van der Waals surface area contributed by atoms with Crippen LogP contribution >= 0.6 is 11.8 Å². The van der Waals surface area contributed by atoms with Crippen molar-refractivity contribution in [3.8, 4) is 0 Å². The lowest BCUT2D eigenvalue weighted by atomic mass is 10.1. The summed E-state index contributed by atoms with van der Waals surface area (Å²) in [4.78, 5) is 0. The highest BCUT2D eigenvalue weighted by Gasteiger charge is 2.14. The summed E-state index contributed by atoms with van der Waals surface area (Å²) in [6, 6.07) is 0. The van der Waals surface area contributed by atoms with Gasteiger partial charge in [-0.3, -0.25) is 0 Å². The number of hydrogen-bond acceptors (Lipinski definition) is 1. The van der Waals surface area contributed by atoms with E-state index in [-0.39, 0.29) is 0 Å². The van der Waals surface area contributed by atoms with E-state index in [1.54, 1.807) is 0 Å². The average Bonchev–Trinajstić information content (AvgIpc) is 2.15. The number of thioether (sulfide) groups is 1. The molecule has 1 saturated heterocycles. The van der Waals surface area contributed by atoms with Gasteiger partial charge in [0.15, 0.2) is 0 Å². The molecule has 1 heteroatoms. The second-order valence-corrected chi connectivity index (χ2v) is 4.20. The first-order valence-corrected chi connectivity index (χ1v) is 4.60. The van der Waals surface area contributed by atoms with E-state index in [1.807, 2.05) is 0 Å². The van der Waals surface area contributed by atoms with Gasteiger partial charge >= 0.3 is 0 Å². The van der Waals surface area contributed by atoms with Gasteiger partial charge in [-0.05, 0) is 31.9 Å². The van der Waals surface area contributed by atoms with Gasteiger partial charge in [0.05, 0.1) is 0 Å². The fourth-order valence-corrected chi connectivity index (χ4v) is 2.60. The number of allylic oxidation sites excluding steroid dienone is 1. The molecule has 1 fully saturated rings. The zero-order valence-electron chi connectivity index (χ0n) is 6.02. The van der Waals surface area contributed by atoms with E-state index in [0.717, 1.165) is 5.25 Å². The van der Waals surface area contributed by atoms with E-state index in [0.29, 0.717) is 0 Å². The topological polar surface area (TPSA) is 0 Å². The van der Waals surface area contributed by atoms with Crippen molar-refractivity contribution in [2.75, 3.05) is 5.75 Å². The monoisotopic (exact) mass is 142 g/mol. The summed E-state index contributed by atoms with van der Waals surface area (Å²) in [6.07, 6.45) is 4.07. The molecule has 0 nitrogen and oxygen atoms in total. The average molecular weight is 142 g/mol. The molecular formula is C8H14S. The summed E-state index contributed by atoms with van der Waals surface area (Å²) in [5.74, 6) is 1.37. The smallest absolute Gasteiger partial charge is 0.00842 e. The molecule has 1 atom stereocenters. The second kappa shape index (κ2) is 3.31. The minimum Gasteiger partial charge on any atom is -0.158 e. The summed E-state index contributed by atoms with van der Waals surface area (Å²) in [6.45, 7) is 6.03. The summed E-state index contributed by atoms with van der Waals surface area (Å²) >= 11 is 2.11. The summed E-state index contributed by atoms with van der Waals surface area (Å²) in [5, 5.41) is 0.905. The van der Waals surface area contributed by atoms with Crippen molar-refractivity contribution in [3.63, 3.8) is 0 Å². The van der Waals surface area contributed by atoms with Gasteiger partial charge in [0.2, 0.25) is 0 Å². The van der Waals surface area contributed by atoms with Gasteiger partial charge in [-0.1, -0.05) is 5.57 Å². The minimum atomic E-state index is 0.905. The van der Waals surface area contributed by atoms with Crippen molar-refractivity contribution >= 4 is 11.8 Å². The van der Waals surface area contributed by atoms with Gasteiger partial charge in [0.1, 0.15) is 0 Å². The molecule has 0 aliphatic carbocycles. The SMILES string of the molecule is C=C(C)CC1CCCS1. The quantitative estimate of drug-likeness (QED) is 0.534. The first-order valence-electron chi connectivity index (χ1n) is 3.55. The van der Waals surface area contributed by atoms with Crippen LogP contribution < -0.4 is 0 Å². The Kier molecular flexibility index (Phi) is 2.65. The van der Waals surface area contributed by atoms with Crippen LogP contribution in [-0.4, -0.2) is 11.0 Å². The summed E-state index contributed by atoms with van der Waals surface area (Å²) in [7, 11) is 0. The summed E-state index contributed by atoms with van der Waals surface area (Å²) < 4.78 is 0. The van der Waals surface area contributed by atoms with Crippen molar-refractivity contribution in [1.29, 1.82) is 0 Å². The lowest BCUT2D eigenvalue weighted by Crippen LogP contribution is -1.95. The van der Waals surface area contributed by atoms with Crippen molar-refractivity contribution in [2.24, 2.45) is 0 Å². The number of rotatable bonds is 2. The molecule has 0 aromatic carbocycles. The maximum Gasteiger partial charge on any atom is 0.00842 e. The van der Waals surface area contributed by atoms with E-state index in [9.17, 15) is 0 Å². The van der Waals surface area contributed by atoms with Crippen LogP contribution in [0.5, 0.6) is 0 Å². The molecule has 1 rings (SSSR count). The zero-order chi connectivity index (χ0) is 6.69. The Morgan fingerprint density at radius 2 is 2.56 bits per heavy atom. The Labute approximate surface area is 61.7 Å². The number of hydrogen-bond donors (Lipinski definition) is 0. The fourth-order valence-electron chi connectivity index (χ4n) is 1.19. The second-order valence-electron chi connectivity index (χ2n) is 2.80. The van der Waals surface area contributed by atoms with Crippen molar-refractivity contribution in [3.05, 3.63) is 12.2 Å². The zero-order valence-corrected chi connectivity index (χ0v) is 6.84. The van der Waals surface area contributed by atoms with Crippen LogP contribution in [0, 0.1) is 0 Å². The van der Waals surface area contributed by atoms with E-state index in [1.165, 1.54) is 30.6 Å². The van der Waals surface area contributed by atoms with E-state index in [2.05, 4.69) is 25.3 Å². The van der Waals surface area contributed by atoms with Crippen molar-refractivity contribution < 1.29 is 0 Å². The molecule has 0 aromatic rings.